The molecule has 1 rings (SSSR count). The predicted molar refractivity (Wildman–Crippen MR) is 64.7 cm³/mol. The number of hydrogen-bond donors (Lipinski definition) is 0. The summed E-state index contributed by atoms with van der Waals surface area (Å²) in [5, 5.41) is 0. The average molecular weight is 230 g/mol. The van der Waals surface area contributed by atoms with Crippen molar-refractivity contribution in [1.29, 1.82) is 0 Å². The van der Waals surface area contributed by atoms with Crippen molar-refractivity contribution in [3.63, 3.8) is 0 Å². The minimum atomic E-state index is -0.132. The lowest BCUT2D eigenvalue weighted by atomic mass is 10.0. The highest BCUT2D eigenvalue weighted by Gasteiger charge is 2.43. The van der Waals surface area contributed by atoms with E-state index >= 15 is 0 Å². The first-order valence-corrected chi connectivity index (χ1v) is 6.51. The molecule has 0 N–H and O–H groups in total. The highest BCUT2D eigenvalue weighted by Crippen LogP contribution is 2.32. The van der Waals surface area contributed by atoms with Crippen LogP contribution in [0.15, 0.2) is 0 Å². The molecule has 3 atom stereocenters. The number of nitrogens with zero attached hydrogens (tertiary/aromatic N) is 1. The van der Waals surface area contributed by atoms with Crippen molar-refractivity contribution in [2.75, 3.05) is 20.2 Å². The van der Waals surface area contributed by atoms with Crippen LogP contribution < -0.4 is 0 Å². The third kappa shape index (κ3) is 3.03. The SMILES string of the molecule is CC([SiH2+])OCC1CN(C)C(C)(C(C)C)O1. The van der Waals surface area contributed by atoms with Gasteiger partial charge in [0.2, 0.25) is 0 Å². The van der Waals surface area contributed by atoms with Crippen molar-refractivity contribution in [1.82, 2.24) is 4.90 Å². The minimum Gasteiger partial charge on any atom is -0.353 e. The molecule has 1 saturated heterocycles. The maximum atomic E-state index is 6.08. The Morgan fingerprint density at radius 3 is 2.53 bits per heavy atom. The molecule has 0 spiro atoms. The lowest BCUT2D eigenvalue weighted by molar-refractivity contribution is -0.127. The quantitative estimate of drug-likeness (QED) is 0.663. The molecule has 0 saturated carbocycles. The monoisotopic (exact) mass is 230 g/mol. The van der Waals surface area contributed by atoms with Crippen LogP contribution in [0.3, 0.4) is 0 Å². The van der Waals surface area contributed by atoms with Crippen LogP contribution in [-0.4, -0.2) is 52.9 Å². The van der Waals surface area contributed by atoms with Gasteiger partial charge in [0.05, 0.1) is 12.7 Å². The van der Waals surface area contributed by atoms with Gasteiger partial charge in [0.15, 0.2) is 5.73 Å². The molecule has 1 heterocycles. The van der Waals surface area contributed by atoms with Crippen LogP contribution >= 0.6 is 0 Å². The van der Waals surface area contributed by atoms with E-state index in [1.54, 1.807) is 0 Å². The van der Waals surface area contributed by atoms with Crippen LogP contribution in [0.1, 0.15) is 27.7 Å². The summed E-state index contributed by atoms with van der Waals surface area (Å²) in [6.07, 6.45) is 0.217. The van der Waals surface area contributed by atoms with Gasteiger partial charge in [0.25, 0.3) is 0 Å². The molecule has 0 aromatic rings. The average Bonchev–Trinajstić information content (AvgIpc) is 2.41. The van der Waals surface area contributed by atoms with E-state index in [1.807, 2.05) is 10.2 Å². The number of likely N-dealkylation sites (N-methyl/N-ethyl adjacent to an activating group) is 1. The van der Waals surface area contributed by atoms with Crippen molar-refractivity contribution in [3.8, 4) is 0 Å². The van der Waals surface area contributed by atoms with Crippen LogP contribution in [-0.2, 0) is 9.47 Å². The fourth-order valence-electron chi connectivity index (χ4n) is 1.89. The van der Waals surface area contributed by atoms with Crippen LogP contribution in [0.5, 0.6) is 0 Å². The number of rotatable bonds is 4. The van der Waals surface area contributed by atoms with Crippen LogP contribution in [0.4, 0.5) is 0 Å². The summed E-state index contributed by atoms with van der Waals surface area (Å²) in [6.45, 7) is 10.3. The molecular weight excluding hydrogens is 206 g/mol. The van der Waals surface area contributed by atoms with E-state index < -0.39 is 0 Å². The van der Waals surface area contributed by atoms with Gasteiger partial charge in [-0.25, -0.2) is 0 Å². The third-order valence-corrected chi connectivity index (χ3v) is 3.51. The number of ether oxygens (including phenoxy) is 2. The molecule has 88 valence electrons. The second kappa shape index (κ2) is 4.95. The largest absolute Gasteiger partial charge is 0.353 e. The Morgan fingerprint density at radius 2 is 2.13 bits per heavy atom. The summed E-state index contributed by atoms with van der Waals surface area (Å²) >= 11 is 0. The summed E-state index contributed by atoms with van der Waals surface area (Å²) in [4.78, 5) is 2.29. The highest BCUT2D eigenvalue weighted by molar-refractivity contribution is 6.10. The van der Waals surface area contributed by atoms with Crippen LogP contribution in [0.25, 0.3) is 0 Å². The van der Waals surface area contributed by atoms with Gasteiger partial charge in [-0.2, -0.15) is 0 Å². The van der Waals surface area contributed by atoms with Crippen LogP contribution in [0, 0.1) is 5.92 Å². The zero-order chi connectivity index (χ0) is 11.6. The summed E-state index contributed by atoms with van der Waals surface area (Å²) < 4.78 is 11.7. The number of hydrogen-bond acceptors (Lipinski definition) is 3. The molecule has 15 heavy (non-hydrogen) atoms. The van der Waals surface area contributed by atoms with E-state index in [4.69, 9.17) is 9.47 Å². The first-order chi connectivity index (χ1) is 6.86. The van der Waals surface area contributed by atoms with Crippen LogP contribution in [0.2, 0.25) is 0 Å². The van der Waals surface area contributed by atoms with Gasteiger partial charge in [-0.3, -0.25) is 4.90 Å². The van der Waals surface area contributed by atoms with Crippen molar-refractivity contribution in [2.24, 2.45) is 5.92 Å². The van der Waals surface area contributed by atoms with Crippen molar-refractivity contribution in [2.45, 2.75) is 45.3 Å². The third-order valence-electron chi connectivity index (χ3n) is 3.28. The Morgan fingerprint density at radius 1 is 1.53 bits per heavy atom. The molecule has 1 aliphatic rings. The van der Waals surface area contributed by atoms with Gasteiger partial charge in [0, 0.05) is 6.54 Å². The molecule has 0 amide bonds. The molecule has 1 fully saturated rings. The molecule has 0 bridgehead atoms. The van der Waals surface area contributed by atoms with E-state index in [2.05, 4.69) is 39.6 Å². The van der Waals surface area contributed by atoms with Gasteiger partial charge in [-0.05, 0) is 26.8 Å². The Hall–Kier alpha value is 0.0969. The van der Waals surface area contributed by atoms with Gasteiger partial charge in [-0.15, -0.1) is 0 Å². The Balaban J connectivity index is 2.48. The first-order valence-electron chi connectivity index (χ1n) is 5.70. The summed E-state index contributed by atoms with van der Waals surface area (Å²) in [6, 6.07) is 0. The minimum absolute atomic E-state index is 0.132. The Bertz CT molecular complexity index is 211. The summed E-state index contributed by atoms with van der Waals surface area (Å²) in [5.74, 6) is 0.494. The smallest absolute Gasteiger partial charge is 0.316 e. The van der Waals surface area contributed by atoms with Gasteiger partial charge in [0.1, 0.15) is 5.72 Å². The van der Waals surface area contributed by atoms with Crippen molar-refractivity contribution in [3.05, 3.63) is 0 Å². The lowest BCUT2D eigenvalue weighted by Crippen LogP contribution is -2.44. The predicted octanol–water partition coefficient (Wildman–Crippen LogP) is 0.685. The van der Waals surface area contributed by atoms with E-state index in [0.29, 0.717) is 18.3 Å². The van der Waals surface area contributed by atoms with Gasteiger partial charge >= 0.3 is 10.2 Å². The fraction of sp³-hybridized carbons (Fsp3) is 1.00. The standard InChI is InChI=1S/C11H24NO2Si/c1-8(2)11(4)12(5)6-10(14-11)7-13-9(3)15/h8-10H,6-7,15H2,1-5H3/q+1. The zero-order valence-electron chi connectivity index (χ0n) is 10.6. The molecule has 0 radical (unpaired) electrons. The van der Waals surface area contributed by atoms with E-state index in [1.165, 1.54) is 0 Å². The van der Waals surface area contributed by atoms with Crippen molar-refractivity contribution >= 4 is 10.2 Å². The lowest BCUT2D eigenvalue weighted by Gasteiger charge is -2.34. The topological polar surface area (TPSA) is 21.7 Å². The summed E-state index contributed by atoms with van der Waals surface area (Å²) in [7, 11) is 3.98. The maximum Gasteiger partial charge on any atom is 0.316 e. The molecule has 0 aliphatic carbocycles. The van der Waals surface area contributed by atoms with E-state index in [-0.39, 0.29) is 11.8 Å². The Labute approximate surface area is 96.5 Å². The maximum absolute atomic E-state index is 6.08. The summed E-state index contributed by atoms with van der Waals surface area (Å²) in [5.41, 5.74) is 0.178. The molecule has 3 unspecified atom stereocenters. The van der Waals surface area contributed by atoms with Gasteiger partial charge < -0.3 is 9.47 Å². The Kier molecular flexibility index (Phi) is 4.35. The van der Waals surface area contributed by atoms with Gasteiger partial charge in [-0.1, -0.05) is 13.8 Å². The fourth-order valence-corrected chi connectivity index (χ4v) is 2.02. The highest BCUT2D eigenvalue weighted by atomic mass is 28.1. The molecule has 1 aliphatic heterocycles. The molecular formula is C11H24NO2Si+. The zero-order valence-corrected chi connectivity index (χ0v) is 12.0. The normalized spacial score (nSPS) is 34.9. The van der Waals surface area contributed by atoms with E-state index in [9.17, 15) is 0 Å². The molecule has 3 nitrogen and oxygen atoms in total. The molecule has 0 aromatic heterocycles. The molecule has 4 heteroatoms. The van der Waals surface area contributed by atoms with Crippen molar-refractivity contribution < 1.29 is 9.47 Å². The second-order valence-electron chi connectivity index (χ2n) is 4.97. The first kappa shape index (κ1) is 13.2. The second-order valence-corrected chi connectivity index (χ2v) is 6.12. The van der Waals surface area contributed by atoms with E-state index in [0.717, 1.165) is 6.54 Å². The molecule has 0 aromatic carbocycles.